The van der Waals surface area contributed by atoms with Crippen molar-refractivity contribution in [1.82, 2.24) is 0 Å². The Morgan fingerprint density at radius 3 is 2.59 bits per heavy atom. The molecule has 1 spiro atoms. The molecule has 37 heavy (non-hydrogen) atoms. The predicted octanol–water partition coefficient (Wildman–Crippen LogP) is 5.39. The van der Waals surface area contributed by atoms with Crippen molar-refractivity contribution in [1.29, 1.82) is 0 Å². The van der Waals surface area contributed by atoms with Crippen LogP contribution in [0.4, 0.5) is 11.4 Å². The van der Waals surface area contributed by atoms with E-state index >= 15 is 0 Å². The number of ketones is 1. The summed E-state index contributed by atoms with van der Waals surface area (Å²) < 4.78 is 5.45. The number of nitrogens with two attached hydrogens (primary N) is 1. The maximum Gasteiger partial charge on any atom is 0.339 e. The van der Waals surface area contributed by atoms with Crippen molar-refractivity contribution in [2.45, 2.75) is 46.0 Å². The Morgan fingerprint density at radius 1 is 1.16 bits per heavy atom. The quantitative estimate of drug-likeness (QED) is 0.507. The summed E-state index contributed by atoms with van der Waals surface area (Å²) in [7, 11) is 0. The molecule has 2 aliphatic heterocycles. The number of benzene rings is 2. The summed E-state index contributed by atoms with van der Waals surface area (Å²) >= 11 is 12.9. The van der Waals surface area contributed by atoms with Crippen LogP contribution in [0.15, 0.2) is 59.1 Å². The third-order valence-corrected chi connectivity index (χ3v) is 7.95. The van der Waals surface area contributed by atoms with Crippen LogP contribution in [0.2, 0.25) is 10.0 Å². The molecule has 1 amide bonds. The largest absolute Gasteiger partial charge is 0.462 e. The van der Waals surface area contributed by atoms with Crippen molar-refractivity contribution in [2.75, 3.05) is 16.8 Å². The molecule has 7 nitrogen and oxygen atoms in total. The van der Waals surface area contributed by atoms with E-state index in [2.05, 4.69) is 5.32 Å². The monoisotopic (exact) mass is 539 g/mol. The summed E-state index contributed by atoms with van der Waals surface area (Å²) in [6.45, 7) is 7.54. The molecule has 3 N–H and O–H groups in total. The molecule has 0 aromatic heterocycles. The van der Waals surface area contributed by atoms with E-state index in [4.69, 9.17) is 33.7 Å². The predicted molar refractivity (Wildman–Crippen MR) is 143 cm³/mol. The number of carbonyl (C=O) groups excluding carboxylic acids is 3. The standard InChI is InChI=1S/C28H27Cl2N3O4/c1-5-37-25(35)23-24(31)33(19-8-6-7-17(30)14(19)2)20-12-27(3,4)13-21(34)22(20)28(23)16-11-15(29)9-10-18(16)32-26(28)36/h6-11H,5,12-13,31H2,1-4H3,(H,32,36). The number of rotatable bonds is 3. The van der Waals surface area contributed by atoms with Crippen molar-refractivity contribution in [3.05, 3.63) is 80.2 Å². The topological polar surface area (TPSA) is 102 Å². The van der Waals surface area contributed by atoms with Gasteiger partial charge in [-0.15, -0.1) is 0 Å². The summed E-state index contributed by atoms with van der Waals surface area (Å²) in [5.74, 6) is -1.56. The fourth-order valence-corrected chi connectivity index (χ4v) is 6.17. The fourth-order valence-electron chi connectivity index (χ4n) is 5.82. The zero-order valence-electron chi connectivity index (χ0n) is 21.0. The van der Waals surface area contributed by atoms with Crippen molar-refractivity contribution >= 4 is 52.2 Å². The van der Waals surface area contributed by atoms with E-state index in [1.54, 1.807) is 42.2 Å². The summed E-state index contributed by atoms with van der Waals surface area (Å²) in [5.41, 5.74) is 7.48. The number of nitrogens with zero attached hydrogens (tertiary/aromatic N) is 1. The number of allylic oxidation sites excluding steroid dienone is 1. The first-order valence-electron chi connectivity index (χ1n) is 12.0. The van der Waals surface area contributed by atoms with Crippen LogP contribution in [0.1, 0.15) is 44.7 Å². The minimum atomic E-state index is -1.80. The van der Waals surface area contributed by atoms with E-state index in [1.165, 1.54) is 0 Å². The lowest BCUT2D eigenvalue weighted by Crippen LogP contribution is -2.54. The highest BCUT2D eigenvalue weighted by Gasteiger charge is 2.63. The molecule has 2 heterocycles. The number of halogens is 2. The van der Waals surface area contributed by atoms with Gasteiger partial charge in [-0.25, -0.2) is 4.79 Å². The maximum atomic E-state index is 14.1. The van der Waals surface area contributed by atoms with Gasteiger partial charge in [0.1, 0.15) is 16.8 Å². The minimum absolute atomic E-state index is 0.0102. The number of amides is 1. The highest BCUT2D eigenvalue weighted by molar-refractivity contribution is 6.32. The lowest BCUT2D eigenvalue weighted by Gasteiger charge is -2.47. The first-order valence-corrected chi connectivity index (χ1v) is 12.8. The normalized spacial score (nSPS) is 22.3. The zero-order chi connectivity index (χ0) is 26.9. The molecule has 0 radical (unpaired) electrons. The molecule has 0 fully saturated rings. The van der Waals surface area contributed by atoms with E-state index in [0.717, 1.165) is 0 Å². The van der Waals surface area contributed by atoms with Crippen molar-refractivity contribution < 1.29 is 19.1 Å². The van der Waals surface area contributed by atoms with Gasteiger partial charge in [0.05, 0.1) is 12.3 Å². The average Bonchev–Trinajstić information content (AvgIpc) is 3.07. The Hall–Kier alpha value is -3.29. The smallest absolute Gasteiger partial charge is 0.339 e. The number of fused-ring (bicyclic) bond motifs is 3. The first kappa shape index (κ1) is 25.4. The van der Waals surface area contributed by atoms with Gasteiger partial charge in [-0.3, -0.25) is 14.5 Å². The molecule has 1 atom stereocenters. The van der Waals surface area contributed by atoms with Gasteiger partial charge in [0, 0.05) is 39.0 Å². The van der Waals surface area contributed by atoms with Gasteiger partial charge in [-0.2, -0.15) is 0 Å². The summed E-state index contributed by atoms with van der Waals surface area (Å²) in [5, 5.41) is 3.72. The van der Waals surface area contributed by atoms with Gasteiger partial charge in [0.15, 0.2) is 5.78 Å². The molecule has 2 aromatic rings. The number of hydrogen-bond acceptors (Lipinski definition) is 6. The SMILES string of the molecule is CCOC(=O)C1=C(N)N(c2cccc(Cl)c2C)C2=C(C(=O)CC(C)(C)C2)C12C(=O)Nc1ccc(Cl)cc12. The van der Waals surface area contributed by atoms with Crippen LogP contribution >= 0.6 is 23.2 Å². The molecule has 2 aromatic carbocycles. The third-order valence-electron chi connectivity index (χ3n) is 7.30. The molecule has 0 saturated heterocycles. The van der Waals surface area contributed by atoms with E-state index < -0.39 is 22.7 Å². The molecule has 9 heteroatoms. The second-order valence-corrected chi connectivity index (χ2v) is 11.2. The number of esters is 1. The Balaban J connectivity index is 1.95. The molecule has 3 aliphatic rings. The molecule has 1 unspecified atom stereocenters. The molecule has 1 aliphatic carbocycles. The Bertz CT molecular complexity index is 1460. The Morgan fingerprint density at radius 2 is 1.89 bits per heavy atom. The number of anilines is 2. The van der Waals surface area contributed by atoms with E-state index in [-0.39, 0.29) is 35.8 Å². The van der Waals surface area contributed by atoms with Gasteiger partial charge >= 0.3 is 5.97 Å². The molecular formula is C28H27Cl2N3O4. The minimum Gasteiger partial charge on any atom is -0.462 e. The summed E-state index contributed by atoms with van der Waals surface area (Å²) in [6.07, 6.45) is 0.622. The van der Waals surface area contributed by atoms with Crippen LogP contribution in [0.25, 0.3) is 0 Å². The van der Waals surface area contributed by atoms with Gasteiger partial charge in [-0.05, 0) is 61.6 Å². The fraction of sp³-hybridized carbons (Fsp3) is 0.321. The van der Waals surface area contributed by atoms with Crippen LogP contribution in [-0.2, 0) is 24.5 Å². The van der Waals surface area contributed by atoms with Gasteiger partial charge < -0.3 is 15.8 Å². The number of ether oxygens (including phenoxy) is 1. The number of nitrogens with one attached hydrogen (secondary N) is 1. The molecule has 0 bridgehead atoms. The highest BCUT2D eigenvalue weighted by Crippen LogP contribution is 2.58. The molecule has 5 rings (SSSR count). The maximum absolute atomic E-state index is 14.1. The highest BCUT2D eigenvalue weighted by atomic mass is 35.5. The first-order chi connectivity index (χ1) is 17.4. The van der Waals surface area contributed by atoms with E-state index in [0.29, 0.717) is 44.7 Å². The van der Waals surface area contributed by atoms with Gasteiger partial charge in [0.2, 0.25) is 5.91 Å². The zero-order valence-corrected chi connectivity index (χ0v) is 22.5. The number of hydrogen-bond donors (Lipinski definition) is 2. The average molecular weight is 540 g/mol. The van der Waals surface area contributed by atoms with Gasteiger partial charge in [-0.1, -0.05) is 43.1 Å². The molecule has 192 valence electrons. The van der Waals surface area contributed by atoms with Crippen LogP contribution in [-0.4, -0.2) is 24.3 Å². The third kappa shape index (κ3) is 3.59. The Labute approximate surface area is 225 Å². The van der Waals surface area contributed by atoms with Crippen LogP contribution in [0.3, 0.4) is 0 Å². The van der Waals surface area contributed by atoms with E-state index in [9.17, 15) is 14.4 Å². The lowest BCUT2D eigenvalue weighted by atomic mass is 9.60. The van der Waals surface area contributed by atoms with Gasteiger partial charge in [0.25, 0.3) is 0 Å². The van der Waals surface area contributed by atoms with Crippen molar-refractivity contribution in [3.8, 4) is 0 Å². The summed E-state index contributed by atoms with van der Waals surface area (Å²) in [4.78, 5) is 43.5. The van der Waals surface area contributed by atoms with E-state index in [1.807, 2.05) is 26.8 Å². The second-order valence-electron chi connectivity index (χ2n) is 10.4. The summed E-state index contributed by atoms with van der Waals surface area (Å²) in [6, 6.07) is 10.3. The molecule has 0 saturated carbocycles. The molecular weight excluding hydrogens is 513 g/mol. The van der Waals surface area contributed by atoms with Crippen LogP contribution in [0.5, 0.6) is 0 Å². The lowest BCUT2D eigenvalue weighted by molar-refractivity contribution is -0.140. The van der Waals surface area contributed by atoms with Crippen LogP contribution < -0.4 is 16.0 Å². The van der Waals surface area contributed by atoms with Crippen LogP contribution in [0, 0.1) is 12.3 Å². The number of Topliss-reactive ketones (excluding diaryl/α,β-unsaturated/α-hetero) is 1. The number of carbonyl (C=O) groups is 3. The van der Waals surface area contributed by atoms with Crippen molar-refractivity contribution in [2.24, 2.45) is 11.1 Å². The second kappa shape index (κ2) is 8.64. The van der Waals surface area contributed by atoms with Crippen molar-refractivity contribution in [3.63, 3.8) is 0 Å². The Kier molecular flexibility index (Phi) is 5.92.